The number of anilines is 1. The summed E-state index contributed by atoms with van der Waals surface area (Å²) in [6.45, 7) is 1.73. The standard InChI is InChI=1S/C12H9Cl2NO2/c1-7-9(4-5-17-7)12(16)15-8-2-3-10(13)11(14)6-8/h2-6H,1H3,(H,15,16). The second-order valence-corrected chi connectivity index (χ2v) is 4.29. The van der Waals surface area contributed by atoms with Crippen molar-refractivity contribution < 1.29 is 9.21 Å². The molecule has 1 aromatic carbocycles. The van der Waals surface area contributed by atoms with Gasteiger partial charge in [-0.15, -0.1) is 0 Å². The van der Waals surface area contributed by atoms with Gasteiger partial charge in [0.1, 0.15) is 5.76 Å². The van der Waals surface area contributed by atoms with Crippen LogP contribution in [0.5, 0.6) is 0 Å². The lowest BCUT2D eigenvalue weighted by atomic mass is 10.2. The van der Waals surface area contributed by atoms with Crippen LogP contribution in [0.4, 0.5) is 5.69 Å². The first-order chi connectivity index (χ1) is 8.08. The monoisotopic (exact) mass is 269 g/mol. The number of carbonyl (C=O) groups excluding carboxylic acids is 1. The molecule has 0 bridgehead atoms. The molecule has 3 nitrogen and oxygen atoms in total. The molecule has 0 atom stereocenters. The minimum absolute atomic E-state index is 0.241. The normalized spacial score (nSPS) is 10.3. The first-order valence-electron chi connectivity index (χ1n) is 4.88. The number of furan rings is 1. The first-order valence-corrected chi connectivity index (χ1v) is 5.64. The molecule has 0 saturated carbocycles. The van der Waals surface area contributed by atoms with E-state index in [9.17, 15) is 4.79 Å². The maximum absolute atomic E-state index is 11.8. The Morgan fingerprint density at radius 2 is 2.00 bits per heavy atom. The SMILES string of the molecule is Cc1occc1C(=O)Nc1ccc(Cl)c(Cl)c1. The Bertz CT molecular complexity index is 563. The van der Waals surface area contributed by atoms with E-state index in [2.05, 4.69) is 5.32 Å². The summed E-state index contributed by atoms with van der Waals surface area (Å²) in [5.41, 5.74) is 1.08. The number of nitrogens with one attached hydrogen (secondary N) is 1. The predicted octanol–water partition coefficient (Wildman–Crippen LogP) is 4.15. The number of benzene rings is 1. The Balaban J connectivity index is 2.19. The number of rotatable bonds is 2. The molecule has 0 aliphatic heterocycles. The Labute approximate surface area is 108 Å². The van der Waals surface area contributed by atoms with Crippen LogP contribution in [-0.2, 0) is 0 Å². The maximum atomic E-state index is 11.8. The Kier molecular flexibility index (Phi) is 3.41. The van der Waals surface area contributed by atoms with Crippen LogP contribution in [0.15, 0.2) is 34.9 Å². The van der Waals surface area contributed by atoms with E-state index in [1.807, 2.05) is 0 Å². The van der Waals surface area contributed by atoms with E-state index in [4.69, 9.17) is 27.6 Å². The van der Waals surface area contributed by atoms with Crippen LogP contribution in [0.1, 0.15) is 16.1 Å². The van der Waals surface area contributed by atoms with E-state index in [1.54, 1.807) is 31.2 Å². The van der Waals surface area contributed by atoms with E-state index in [0.29, 0.717) is 27.1 Å². The molecule has 5 heteroatoms. The molecule has 2 rings (SSSR count). The summed E-state index contributed by atoms with van der Waals surface area (Å²) >= 11 is 11.6. The highest BCUT2D eigenvalue weighted by molar-refractivity contribution is 6.42. The average molecular weight is 270 g/mol. The van der Waals surface area contributed by atoms with E-state index < -0.39 is 0 Å². The molecule has 0 unspecified atom stereocenters. The van der Waals surface area contributed by atoms with Gasteiger partial charge in [0.05, 0.1) is 21.9 Å². The molecule has 17 heavy (non-hydrogen) atoms. The van der Waals surface area contributed by atoms with Crippen molar-refractivity contribution in [1.29, 1.82) is 0 Å². The molecule has 88 valence electrons. The van der Waals surface area contributed by atoms with Crippen LogP contribution < -0.4 is 5.32 Å². The molecular formula is C12H9Cl2NO2. The predicted molar refractivity (Wildman–Crippen MR) is 67.9 cm³/mol. The van der Waals surface area contributed by atoms with Crippen molar-refractivity contribution in [3.05, 3.63) is 51.9 Å². The van der Waals surface area contributed by atoms with Gasteiger partial charge in [-0.3, -0.25) is 4.79 Å². The minimum Gasteiger partial charge on any atom is -0.469 e. The average Bonchev–Trinajstić information content (AvgIpc) is 2.70. The lowest BCUT2D eigenvalue weighted by molar-refractivity contribution is 0.102. The van der Waals surface area contributed by atoms with Gasteiger partial charge in [-0.05, 0) is 31.2 Å². The summed E-state index contributed by atoms with van der Waals surface area (Å²) in [5.74, 6) is 0.331. The molecule has 0 aliphatic rings. The Morgan fingerprint density at radius 1 is 1.24 bits per heavy atom. The fourth-order valence-corrected chi connectivity index (χ4v) is 1.69. The van der Waals surface area contributed by atoms with Crippen molar-refractivity contribution in [2.45, 2.75) is 6.92 Å². The summed E-state index contributed by atoms with van der Waals surface area (Å²) in [4.78, 5) is 11.8. The Hall–Kier alpha value is -1.45. The molecule has 0 fully saturated rings. The van der Waals surface area contributed by atoms with Crippen LogP contribution in [-0.4, -0.2) is 5.91 Å². The first kappa shape index (κ1) is 12.0. The van der Waals surface area contributed by atoms with E-state index in [0.717, 1.165) is 0 Å². The van der Waals surface area contributed by atoms with Crippen LogP contribution >= 0.6 is 23.2 Å². The zero-order chi connectivity index (χ0) is 12.4. The molecule has 0 saturated heterocycles. The van der Waals surface area contributed by atoms with Crippen LogP contribution in [0.2, 0.25) is 10.0 Å². The van der Waals surface area contributed by atoms with Gasteiger partial charge in [0.25, 0.3) is 5.91 Å². The summed E-state index contributed by atoms with van der Waals surface area (Å²) in [6, 6.07) is 6.52. The summed E-state index contributed by atoms with van der Waals surface area (Å²) in [7, 11) is 0. The molecule has 1 aromatic heterocycles. The third-order valence-electron chi connectivity index (χ3n) is 2.28. The van der Waals surface area contributed by atoms with Gasteiger partial charge in [-0.2, -0.15) is 0 Å². The van der Waals surface area contributed by atoms with Crippen LogP contribution in [0.25, 0.3) is 0 Å². The molecule has 0 aliphatic carbocycles. The maximum Gasteiger partial charge on any atom is 0.259 e. The van der Waals surface area contributed by atoms with Gasteiger partial charge in [-0.1, -0.05) is 23.2 Å². The zero-order valence-electron chi connectivity index (χ0n) is 8.96. The number of carbonyl (C=O) groups is 1. The molecule has 0 radical (unpaired) electrons. The largest absolute Gasteiger partial charge is 0.469 e. The number of hydrogen-bond acceptors (Lipinski definition) is 2. The Morgan fingerprint density at radius 3 is 2.59 bits per heavy atom. The summed E-state index contributed by atoms with van der Waals surface area (Å²) in [6.07, 6.45) is 1.47. The van der Waals surface area contributed by atoms with Gasteiger partial charge in [0.15, 0.2) is 0 Å². The lowest BCUT2D eigenvalue weighted by Crippen LogP contribution is -2.11. The lowest BCUT2D eigenvalue weighted by Gasteiger charge is -2.05. The van der Waals surface area contributed by atoms with E-state index in [-0.39, 0.29) is 5.91 Å². The van der Waals surface area contributed by atoms with Gasteiger partial charge in [0.2, 0.25) is 0 Å². The summed E-state index contributed by atoms with van der Waals surface area (Å²) < 4.78 is 5.06. The third kappa shape index (κ3) is 2.62. The quantitative estimate of drug-likeness (QED) is 0.890. The fourth-order valence-electron chi connectivity index (χ4n) is 1.39. The van der Waals surface area contributed by atoms with Crippen molar-refractivity contribution in [2.24, 2.45) is 0 Å². The highest BCUT2D eigenvalue weighted by Gasteiger charge is 2.11. The zero-order valence-corrected chi connectivity index (χ0v) is 10.5. The van der Waals surface area contributed by atoms with Gasteiger partial charge >= 0.3 is 0 Å². The molecular weight excluding hydrogens is 261 g/mol. The number of aryl methyl sites for hydroxylation is 1. The van der Waals surface area contributed by atoms with Crippen molar-refractivity contribution in [1.82, 2.24) is 0 Å². The van der Waals surface area contributed by atoms with Crippen LogP contribution in [0, 0.1) is 6.92 Å². The molecule has 2 aromatic rings. The topological polar surface area (TPSA) is 42.2 Å². The molecule has 1 heterocycles. The minimum atomic E-state index is -0.241. The second-order valence-electron chi connectivity index (χ2n) is 3.47. The van der Waals surface area contributed by atoms with Crippen molar-refractivity contribution >= 4 is 34.8 Å². The van der Waals surface area contributed by atoms with E-state index in [1.165, 1.54) is 6.26 Å². The van der Waals surface area contributed by atoms with E-state index >= 15 is 0 Å². The number of halogens is 2. The number of amides is 1. The van der Waals surface area contributed by atoms with Gasteiger partial charge < -0.3 is 9.73 Å². The van der Waals surface area contributed by atoms with Crippen molar-refractivity contribution in [2.75, 3.05) is 5.32 Å². The molecule has 0 spiro atoms. The highest BCUT2D eigenvalue weighted by atomic mass is 35.5. The summed E-state index contributed by atoms with van der Waals surface area (Å²) in [5, 5.41) is 3.56. The van der Waals surface area contributed by atoms with Crippen molar-refractivity contribution in [3.8, 4) is 0 Å². The van der Waals surface area contributed by atoms with Crippen LogP contribution in [0.3, 0.4) is 0 Å². The van der Waals surface area contributed by atoms with Gasteiger partial charge in [-0.25, -0.2) is 0 Å². The number of hydrogen-bond donors (Lipinski definition) is 1. The fraction of sp³-hybridized carbons (Fsp3) is 0.0833. The third-order valence-corrected chi connectivity index (χ3v) is 3.02. The second kappa shape index (κ2) is 4.82. The van der Waals surface area contributed by atoms with Gasteiger partial charge in [0, 0.05) is 5.69 Å². The molecule has 1 amide bonds. The smallest absolute Gasteiger partial charge is 0.259 e. The van der Waals surface area contributed by atoms with Crippen molar-refractivity contribution in [3.63, 3.8) is 0 Å². The molecule has 1 N–H and O–H groups in total. The highest BCUT2D eigenvalue weighted by Crippen LogP contribution is 2.25.